The molecular weight excluding hydrogens is 564 g/mol. The molecule has 0 aromatic heterocycles. The average molecular weight is 599 g/mol. The van der Waals surface area contributed by atoms with E-state index in [1.165, 1.54) is 30.8 Å². The summed E-state index contributed by atoms with van der Waals surface area (Å²) < 4.78 is 68.3. The molecule has 2 fully saturated rings. The highest BCUT2D eigenvalue weighted by atomic mass is 32.2. The minimum atomic E-state index is -2.77. The molecule has 11 heteroatoms. The van der Waals surface area contributed by atoms with E-state index in [1.54, 1.807) is 0 Å². The number of nitrogens with zero attached hydrogens (tertiary/aromatic N) is 2. The molecule has 0 amide bonds. The summed E-state index contributed by atoms with van der Waals surface area (Å²) in [5.41, 5.74) is 1.10. The van der Waals surface area contributed by atoms with Crippen molar-refractivity contribution >= 4 is 41.1 Å². The Morgan fingerprint density at radius 1 is 1.18 bits per heavy atom. The van der Waals surface area contributed by atoms with Crippen molar-refractivity contribution < 1.29 is 31.8 Å². The maximum Gasteiger partial charge on any atom is 0.315 e. The van der Waals surface area contributed by atoms with Gasteiger partial charge >= 0.3 is 5.97 Å². The van der Waals surface area contributed by atoms with Crippen LogP contribution >= 0.6 is 23.7 Å². The zero-order valence-electron chi connectivity index (χ0n) is 22.8. The second kappa shape index (κ2) is 11.3. The van der Waals surface area contributed by atoms with Gasteiger partial charge in [0.1, 0.15) is 17.8 Å². The SMILES string of the molecule is COC(=O)C1(COc2cc3c(cc2SC2CC(F)(F)C2)N(c2ccccc2)CC(CCC(C)(F)F)N(C)S3)CC1. The van der Waals surface area contributed by atoms with Crippen molar-refractivity contribution in [2.24, 2.45) is 5.41 Å². The van der Waals surface area contributed by atoms with Crippen LogP contribution in [0.3, 0.4) is 0 Å². The predicted octanol–water partition coefficient (Wildman–Crippen LogP) is 7.80. The topological polar surface area (TPSA) is 42.0 Å². The van der Waals surface area contributed by atoms with E-state index in [9.17, 15) is 22.4 Å². The van der Waals surface area contributed by atoms with E-state index in [0.29, 0.717) is 31.6 Å². The summed E-state index contributed by atoms with van der Waals surface area (Å²) in [6.07, 6.45) is 1.01. The second-order valence-corrected chi connectivity index (χ2v) is 13.7. The molecule has 5 rings (SSSR count). The Morgan fingerprint density at radius 3 is 2.48 bits per heavy atom. The van der Waals surface area contributed by atoms with E-state index in [0.717, 1.165) is 28.1 Å². The molecule has 1 atom stereocenters. The van der Waals surface area contributed by atoms with Gasteiger partial charge in [0.05, 0.1) is 22.6 Å². The number of carbonyl (C=O) groups is 1. The standard InChI is InChI=1S/C29H34F4N2O3S2/c1-27(30,31)10-9-20-17-35(19-7-5-4-6-8-19)22-13-25(39-21-15-29(32,33)16-21)23(14-24(22)40-34(20)2)38-18-28(11-12-28)26(36)37-3/h4-8,13-14,20-21H,9-12,15-18H2,1-3H3. The van der Waals surface area contributed by atoms with Gasteiger partial charge in [-0.1, -0.05) is 18.2 Å². The molecular formula is C29H34F4N2O3S2. The number of thioether (sulfide) groups is 1. The quantitative estimate of drug-likeness (QED) is 0.157. The summed E-state index contributed by atoms with van der Waals surface area (Å²) in [4.78, 5) is 16.0. The van der Waals surface area contributed by atoms with Gasteiger partial charge in [-0.05, 0) is 69.4 Å². The molecule has 0 bridgehead atoms. The first kappa shape index (κ1) is 29.4. The lowest BCUT2D eigenvalue weighted by molar-refractivity contribution is -0.148. The lowest BCUT2D eigenvalue weighted by atomic mass is 9.94. The Balaban J connectivity index is 1.50. The molecule has 3 aliphatic rings. The largest absolute Gasteiger partial charge is 0.491 e. The molecule has 2 saturated carbocycles. The predicted molar refractivity (Wildman–Crippen MR) is 150 cm³/mol. The smallest absolute Gasteiger partial charge is 0.315 e. The van der Waals surface area contributed by atoms with Crippen molar-refractivity contribution in [3.8, 4) is 5.75 Å². The fourth-order valence-electron chi connectivity index (χ4n) is 5.08. The zero-order chi connectivity index (χ0) is 28.7. The second-order valence-electron chi connectivity index (χ2n) is 11.2. The maximum absolute atomic E-state index is 13.8. The van der Waals surface area contributed by atoms with Crippen LogP contribution in [0.25, 0.3) is 0 Å². The molecule has 0 N–H and O–H groups in total. The first-order valence-electron chi connectivity index (χ1n) is 13.4. The minimum Gasteiger partial charge on any atom is -0.491 e. The highest BCUT2D eigenvalue weighted by molar-refractivity contribution is 8.00. The normalized spacial score (nSPS) is 22.2. The number of hydrogen-bond donors (Lipinski definition) is 0. The van der Waals surface area contributed by atoms with Crippen LogP contribution in [0.4, 0.5) is 28.9 Å². The van der Waals surface area contributed by atoms with E-state index in [2.05, 4.69) is 4.90 Å². The van der Waals surface area contributed by atoms with Gasteiger partial charge in [0.2, 0.25) is 11.8 Å². The third kappa shape index (κ3) is 6.68. The molecule has 2 aromatic carbocycles. The number of methoxy groups -OCH3 is 1. The zero-order valence-corrected chi connectivity index (χ0v) is 24.4. The van der Waals surface area contributed by atoms with Crippen LogP contribution in [0.2, 0.25) is 0 Å². The van der Waals surface area contributed by atoms with E-state index in [4.69, 9.17) is 9.47 Å². The van der Waals surface area contributed by atoms with Crippen LogP contribution in [-0.2, 0) is 9.53 Å². The molecule has 40 heavy (non-hydrogen) atoms. The molecule has 218 valence electrons. The number of alkyl halides is 4. The lowest BCUT2D eigenvalue weighted by Crippen LogP contribution is -2.37. The van der Waals surface area contributed by atoms with Gasteiger partial charge in [-0.2, -0.15) is 0 Å². The summed E-state index contributed by atoms with van der Waals surface area (Å²) in [7, 11) is 3.26. The molecule has 0 radical (unpaired) electrons. The van der Waals surface area contributed by atoms with Crippen molar-refractivity contribution in [3.05, 3.63) is 42.5 Å². The first-order valence-corrected chi connectivity index (χ1v) is 15.1. The van der Waals surface area contributed by atoms with Crippen LogP contribution in [0.1, 0.15) is 45.4 Å². The highest BCUT2D eigenvalue weighted by Gasteiger charge is 2.52. The maximum atomic E-state index is 13.8. The van der Waals surface area contributed by atoms with Crippen LogP contribution in [-0.4, -0.2) is 60.7 Å². The van der Waals surface area contributed by atoms with Crippen molar-refractivity contribution in [3.63, 3.8) is 0 Å². The molecule has 1 aliphatic heterocycles. The number of anilines is 2. The van der Waals surface area contributed by atoms with Gasteiger partial charge in [0.15, 0.2) is 0 Å². The number of ether oxygens (including phenoxy) is 2. The monoisotopic (exact) mass is 598 g/mol. The summed E-state index contributed by atoms with van der Waals surface area (Å²) >= 11 is 2.82. The molecule has 5 nitrogen and oxygen atoms in total. The fourth-order valence-corrected chi connectivity index (χ4v) is 7.56. The number of likely N-dealkylation sites (N-methyl/N-ethyl adjacent to an activating group) is 1. The highest BCUT2D eigenvalue weighted by Crippen LogP contribution is 2.53. The van der Waals surface area contributed by atoms with E-state index >= 15 is 0 Å². The van der Waals surface area contributed by atoms with Gasteiger partial charge in [-0.3, -0.25) is 4.79 Å². The van der Waals surface area contributed by atoms with Crippen LogP contribution < -0.4 is 9.64 Å². The molecule has 2 aliphatic carbocycles. The minimum absolute atomic E-state index is 0.143. The number of fused-ring (bicyclic) bond motifs is 1. The van der Waals surface area contributed by atoms with Crippen molar-refractivity contribution in [1.82, 2.24) is 4.31 Å². The Kier molecular flexibility index (Phi) is 8.29. The lowest BCUT2D eigenvalue weighted by Gasteiger charge is -2.35. The van der Waals surface area contributed by atoms with Gasteiger partial charge in [-0.25, -0.2) is 21.9 Å². The molecule has 1 unspecified atom stereocenters. The Morgan fingerprint density at radius 2 is 1.88 bits per heavy atom. The van der Waals surface area contributed by atoms with Crippen LogP contribution in [0.15, 0.2) is 52.3 Å². The van der Waals surface area contributed by atoms with Gasteiger partial charge < -0.3 is 14.4 Å². The van der Waals surface area contributed by atoms with E-state index in [1.807, 2.05) is 53.8 Å². The number of hydrogen-bond acceptors (Lipinski definition) is 7. The van der Waals surface area contributed by atoms with Crippen molar-refractivity contribution in [2.45, 2.75) is 78.4 Å². The van der Waals surface area contributed by atoms with Gasteiger partial charge in [0.25, 0.3) is 0 Å². The number of esters is 1. The van der Waals surface area contributed by atoms with E-state index < -0.39 is 17.3 Å². The average Bonchev–Trinajstić information content (AvgIpc) is 3.69. The summed E-state index contributed by atoms with van der Waals surface area (Å²) in [6, 6.07) is 13.4. The third-order valence-corrected chi connectivity index (χ3v) is 10.1. The van der Waals surface area contributed by atoms with Crippen LogP contribution in [0, 0.1) is 5.41 Å². The molecule has 2 aromatic rings. The summed E-state index contributed by atoms with van der Waals surface area (Å²) in [5, 5.41) is -0.253. The number of halogens is 4. The summed E-state index contributed by atoms with van der Waals surface area (Å²) in [5.74, 6) is -5.20. The van der Waals surface area contributed by atoms with Gasteiger partial charge in [-0.15, -0.1) is 11.8 Å². The third-order valence-electron chi connectivity index (χ3n) is 7.77. The summed E-state index contributed by atoms with van der Waals surface area (Å²) in [6.45, 7) is 1.57. The Labute approximate surface area is 241 Å². The Hall–Kier alpha value is -2.11. The van der Waals surface area contributed by atoms with Crippen molar-refractivity contribution in [2.75, 3.05) is 32.2 Å². The van der Waals surface area contributed by atoms with Crippen LogP contribution in [0.5, 0.6) is 5.75 Å². The molecule has 0 saturated heterocycles. The number of rotatable bonds is 10. The fraction of sp³-hybridized carbons (Fsp3) is 0.552. The number of para-hydroxylation sites is 1. The number of carbonyl (C=O) groups excluding carboxylic acids is 1. The van der Waals surface area contributed by atoms with Crippen molar-refractivity contribution in [1.29, 1.82) is 0 Å². The first-order chi connectivity index (χ1) is 18.9. The molecule has 0 spiro atoms. The van der Waals surface area contributed by atoms with Gasteiger partial charge in [0, 0.05) is 42.8 Å². The number of benzene rings is 2. The van der Waals surface area contributed by atoms with E-state index in [-0.39, 0.29) is 43.1 Å². The Bertz CT molecular complexity index is 1220. The molecule has 1 heterocycles.